The van der Waals surface area contributed by atoms with Crippen LogP contribution in [0.5, 0.6) is 0 Å². The van der Waals surface area contributed by atoms with Crippen LogP contribution in [0, 0.1) is 0 Å². The Labute approximate surface area is 64.8 Å². The molecule has 0 radical (unpaired) electrons. The highest BCUT2D eigenvalue weighted by Gasteiger charge is 2.38. The van der Waals surface area contributed by atoms with Crippen LogP contribution in [0.25, 0.3) is 0 Å². The maximum absolute atomic E-state index is 9.85. The highest BCUT2D eigenvalue weighted by molar-refractivity contribution is 5.11. The van der Waals surface area contributed by atoms with Gasteiger partial charge >= 0.3 is 0 Å². The number of rotatable bonds is 1. The Balaban J connectivity index is 2.35. The Morgan fingerprint density at radius 2 is 2.36 bits per heavy atom. The van der Waals surface area contributed by atoms with Crippen LogP contribution < -0.4 is 0 Å². The van der Waals surface area contributed by atoms with Crippen molar-refractivity contribution in [2.24, 2.45) is 7.05 Å². The number of nitrogens with zero attached hydrogens (tertiary/aromatic N) is 3. The van der Waals surface area contributed by atoms with Gasteiger partial charge < -0.3 is 5.11 Å². The fourth-order valence-electron chi connectivity index (χ4n) is 1.48. The van der Waals surface area contributed by atoms with Crippen LogP contribution in [-0.4, -0.2) is 20.1 Å². The van der Waals surface area contributed by atoms with Gasteiger partial charge in [-0.15, -0.1) is 5.10 Å². The van der Waals surface area contributed by atoms with Gasteiger partial charge in [-0.2, -0.15) is 0 Å². The van der Waals surface area contributed by atoms with E-state index in [9.17, 15) is 5.11 Å². The third kappa shape index (κ3) is 0.860. The maximum Gasteiger partial charge on any atom is 0.108 e. The molecule has 0 atom stereocenters. The lowest BCUT2D eigenvalue weighted by molar-refractivity contribution is -0.0456. The molecule has 1 aliphatic carbocycles. The van der Waals surface area contributed by atoms with Gasteiger partial charge in [0, 0.05) is 7.05 Å². The zero-order valence-corrected chi connectivity index (χ0v) is 6.49. The molecule has 11 heavy (non-hydrogen) atoms. The minimum atomic E-state index is -0.627. The first kappa shape index (κ1) is 6.79. The molecule has 0 bridgehead atoms. The van der Waals surface area contributed by atoms with Gasteiger partial charge in [0.25, 0.3) is 0 Å². The number of hydrogen-bond donors (Lipinski definition) is 1. The number of hydrogen-bond acceptors (Lipinski definition) is 3. The Bertz CT molecular complexity index is 264. The summed E-state index contributed by atoms with van der Waals surface area (Å²) in [5, 5.41) is 17.3. The maximum atomic E-state index is 9.85. The van der Waals surface area contributed by atoms with E-state index in [0.717, 1.165) is 25.0 Å². The quantitative estimate of drug-likeness (QED) is 0.626. The van der Waals surface area contributed by atoms with Gasteiger partial charge in [-0.3, -0.25) is 0 Å². The van der Waals surface area contributed by atoms with Crippen molar-refractivity contribution < 1.29 is 5.11 Å². The van der Waals surface area contributed by atoms with E-state index in [4.69, 9.17) is 0 Å². The normalized spacial score (nSPS) is 21.3. The van der Waals surface area contributed by atoms with E-state index in [1.165, 1.54) is 0 Å². The predicted molar refractivity (Wildman–Crippen MR) is 38.8 cm³/mol. The molecule has 60 valence electrons. The Morgan fingerprint density at radius 3 is 2.73 bits per heavy atom. The van der Waals surface area contributed by atoms with E-state index < -0.39 is 5.60 Å². The van der Waals surface area contributed by atoms with Crippen molar-refractivity contribution in [1.29, 1.82) is 0 Å². The SMILES string of the molecule is Cn1nncc1C1(O)CCC1. The summed E-state index contributed by atoms with van der Waals surface area (Å²) < 4.78 is 1.64. The molecule has 0 amide bonds. The van der Waals surface area contributed by atoms with Gasteiger partial charge in [-0.05, 0) is 19.3 Å². The van der Waals surface area contributed by atoms with Crippen molar-refractivity contribution in [2.45, 2.75) is 24.9 Å². The van der Waals surface area contributed by atoms with Crippen molar-refractivity contribution >= 4 is 0 Å². The van der Waals surface area contributed by atoms with Gasteiger partial charge in [0.15, 0.2) is 0 Å². The standard InChI is InChI=1S/C7H11N3O/c1-10-6(5-8-9-10)7(11)3-2-4-7/h5,11H,2-4H2,1H3. The highest BCUT2D eigenvalue weighted by Crippen LogP contribution is 2.40. The van der Waals surface area contributed by atoms with Crippen LogP contribution in [0.4, 0.5) is 0 Å². The molecule has 1 aromatic heterocycles. The van der Waals surface area contributed by atoms with Crippen LogP contribution in [0.3, 0.4) is 0 Å². The van der Waals surface area contributed by atoms with E-state index in [1.54, 1.807) is 17.9 Å². The zero-order valence-electron chi connectivity index (χ0n) is 6.49. The van der Waals surface area contributed by atoms with Crippen molar-refractivity contribution in [1.82, 2.24) is 15.0 Å². The topological polar surface area (TPSA) is 50.9 Å². The number of aromatic nitrogens is 3. The first-order valence-electron chi connectivity index (χ1n) is 3.80. The summed E-state index contributed by atoms with van der Waals surface area (Å²) in [7, 11) is 1.80. The molecule has 0 spiro atoms. The molecule has 0 unspecified atom stereocenters. The summed E-state index contributed by atoms with van der Waals surface area (Å²) in [5.41, 5.74) is 0.210. The molecule has 1 aromatic rings. The second-order valence-corrected chi connectivity index (χ2v) is 3.13. The van der Waals surface area contributed by atoms with Crippen LogP contribution in [0.1, 0.15) is 25.0 Å². The molecule has 0 aromatic carbocycles. The number of aliphatic hydroxyl groups is 1. The molecular formula is C7H11N3O. The summed E-state index contributed by atoms with van der Waals surface area (Å²) in [5.74, 6) is 0. The van der Waals surface area contributed by atoms with E-state index in [2.05, 4.69) is 10.3 Å². The molecule has 1 heterocycles. The van der Waals surface area contributed by atoms with Gasteiger partial charge in [-0.1, -0.05) is 5.21 Å². The molecular weight excluding hydrogens is 142 g/mol. The first-order chi connectivity index (χ1) is 5.22. The molecule has 1 aliphatic rings. The minimum absolute atomic E-state index is 0.627. The Hall–Kier alpha value is -0.900. The molecule has 0 aliphatic heterocycles. The third-order valence-electron chi connectivity index (χ3n) is 2.37. The summed E-state index contributed by atoms with van der Waals surface area (Å²) in [6.07, 6.45) is 4.42. The van der Waals surface area contributed by atoms with Crippen LogP contribution in [0.2, 0.25) is 0 Å². The minimum Gasteiger partial charge on any atom is -0.384 e. The third-order valence-corrected chi connectivity index (χ3v) is 2.37. The molecule has 1 N–H and O–H groups in total. The molecule has 1 fully saturated rings. The average Bonchev–Trinajstić information content (AvgIpc) is 2.30. The molecule has 1 saturated carbocycles. The summed E-state index contributed by atoms with van der Waals surface area (Å²) in [6.45, 7) is 0. The number of aryl methyl sites for hydroxylation is 1. The van der Waals surface area contributed by atoms with Gasteiger partial charge in [0.2, 0.25) is 0 Å². The molecule has 4 heteroatoms. The summed E-state index contributed by atoms with van der Waals surface area (Å²) >= 11 is 0. The lowest BCUT2D eigenvalue weighted by Gasteiger charge is -2.35. The summed E-state index contributed by atoms with van der Waals surface area (Å²) in [4.78, 5) is 0. The van der Waals surface area contributed by atoms with E-state index >= 15 is 0 Å². The van der Waals surface area contributed by atoms with Crippen LogP contribution >= 0.6 is 0 Å². The van der Waals surface area contributed by atoms with Crippen molar-refractivity contribution in [3.8, 4) is 0 Å². The van der Waals surface area contributed by atoms with Crippen molar-refractivity contribution in [3.63, 3.8) is 0 Å². The fraction of sp³-hybridized carbons (Fsp3) is 0.714. The predicted octanol–water partition coefficient (Wildman–Crippen LogP) is 0.187. The van der Waals surface area contributed by atoms with E-state index in [0.29, 0.717) is 0 Å². The lowest BCUT2D eigenvalue weighted by Crippen LogP contribution is -2.35. The zero-order chi connectivity index (χ0) is 7.90. The molecule has 4 nitrogen and oxygen atoms in total. The summed E-state index contributed by atoms with van der Waals surface area (Å²) in [6, 6.07) is 0. The highest BCUT2D eigenvalue weighted by atomic mass is 16.3. The Morgan fingerprint density at radius 1 is 1.64 bits per heavy atom. The van der Waals surface area contributed by atoms with Gasteiger partial charge in [0.05, 0.1) is 11.9 Å². The van der Waals surface area contributed by atoms with Crippen LogP contribution in [-0.2, 0) is 12.6 Å². The van der Waals surface area contributed by atoms with Gasteiger partial charge in [0.1, 0.15) is 5.60 Å². The first-order valence-corrected chi connectivity index (χ1v) is 3.80. The van der Waals surface area contributed by atoms with E-state index in [-0.39, 0.29) is 0 Å². The largest absolute Gasteiger partial charge is 0.384 e. The monoisotopic (exact) mass is 153 g/mol. The second kappa shape index (κ2) is 2.04. The lowest BCUT2D eigenvalue weighted by atomic mass is 9.78. The fourth-order valence-corrected chi connectivity index (χ4v) is 1.48. The average molecular weight is 153 g/mol. The molecule has 0 saturated heterocycles. The van der Waals surface area contributed by atoms with Crippen molar-refractivity contribution in [3.05, 3.63) is 11.9 Å². The van der Waals surface area contributed by atoms with Gasteiger partial charge in [-0.25, -0.2) is 4.68 Å². The Kier molecular flexibility index (Phi) is 1.26. The second-order valence-electron chi connectivity index (χ2n) is 3.13. The van der Waals surface area contributed by atoms with Crippen molar-refractivity contribution in [2.75, 3.05) is 0 Å². The van der Waals surface area contributed by atoms with Crippen LogP contribution in [0.15, 0.2) is 6.20 Å². The van der Waals surface area contributed by atoms with E-state index in [1.807, 2.05) is 0 Å². The smallest absolute Gasteiger partial charge is 0.108 e. The molecule has 2 rings (SSSR count).